The van der Waals surface area contributed by atoms with E-state index in [4.69, 9.17) is 0 Å². The van der Waals surface area contributed by atoms with Crippen molar-refractivity contribution < 1.29 is 17.6 Å². The van der Waals surface area contributed by atoms with Crippen LogP contribution in [0.4, 0.5) is 17.6 Å². The molecule has 2 heterocycles. The van der Waals surface area contributed by atoms with Gasteiger partial charge in [0, 0.05) is 18.0 Å². The molecule has 0 bridgehead atoms. The third-order valence-corrected chi connectivity index (χ3v) is 4.91. The number of nitrogens with zero attached hydrogens (tertiary/aromatic N) is 3. The first kappa shape index (κ1) is 17.6. The van der Waals surface area contributed by atoms with E-state index in [1.165, 1.54) is 18.2 Å². The molecule has 3 nitrogen and oxygen atoms in total. The zero-order valence-electron chi connectivity index (χ0n) is 14.9. The van der Waals surface area contributed by atoms with Crippen molar-refractivity contribution >= 4 is 33.1 Å². The Bertz CT molecular complexity index is 1390. The van der Waals surface area contributed by atoms with Crippen LogP contribution in [0.3, 0.4) is 0 Å². The Morgan fingerprint density at radius 1 is 0.828 bits per heavy atom. The molecule has 0 aliphatic heterocycles. The maximum atomic E-state index is 13.6. The third kappa shape index (κ3) is 2.99. The van der Waals surface area contributed by atoms with Crippen molar-refractivity contribution in [2.24, 2.45) is 0 Å². The van der Waals surface area contributed by atoms with Gasteiger partial charge in [-0.2, -0.15) is 13.2 Å². The molecule has 0 fully saturated rings. The summed E-state index contributed by atoms with van der Waals surface area (Å²) >= 11 is 0. The number of fused-ring (bicyclic) bond motifs is 4. The van der Waals surface area contributed by atoms with Crippen LogP contribution in [0.25, 0.3) is 33.1 Å². The van der Waals surface area contributed by atoms with Crippen molar-refractivity contribution in [3.05, 3.63) is 83.7 Å². The average Bonchev–Trinajstić information content (AvgIpc) is 2.99. The second-order valence-corrected chi connectivity index (χ2v) is 6.83. The SMILES string of the molecule is Fc1ccc2nc3c(nc2c1)c1ccccc1n3Cc1cccc(C(F)(F)F)c1. The van der Waals surface area contributed by atoms with E-state index in [9.17, 15) is 17.6 Å². The second-order valence-electron chi connectivity index (χ2n) is 6.83. The molecular formula is C22H13F4N3. The van der Waals surface area contributed by atoms with Crippen molar-refractivity contribution in [2.75, 3.05) is 0 Å². The Morgan fingerprint density at radius 3 is 2.48 bits per heavy atom. The molecule has 0 N–H and O–H groups in total. The number of aromatic nitrogens is 3. The number of alkyl halides is 3. The normalized spacial score (nSPS) is 12.3. The van der Waals surface area contributed by atoms with E-state index in [2.05, 4.69) is 9.97 Å². The fraction of sp³-hybridized carbons (Fsp3) is 0.0909. The van der Waals surface area contributed by atoms with E-state index in [0.29, 0.717) is 27.8 Å². The first-order valence-corrected chi connectivity index (χ1v) is 8.90. The van der Waals surface area contributed by atoms with E-state index >= 15 is 0 Å². The van der Waals surface area contributed by atoms with Gasteiger partial charge in [-0.1, -0.05) is 30.3 Å². The van der Waals surface area contributed by atoms with Gasteiger partial charge in [-0.3, -0.25) is 0 Å². The molecule has 0 saturated heterocycles. The molecule has 3 aromatic carbocycles. The number of para-hydroxylation sites is 1. The lowest BCUT2D eigenvalue weighted by atomic mass is 10.1. The predicted molar refractivity (Wildman–Crippen MR) is 103 cm³/mol. The Kier molecular flexibility index (Phi) is 3.81. The van der Waals surface area contributed by atoms with Crippen LogP contribution in [0, 0.1) is 5.82 Å². The minimum absolute atomic E-state index is 0.204. The van der Waals surface area contributed by atoms with E-state index < -0.39 is 17.6 Å². The second kappa shape index (κ2) is 6.27. The summed E-state index contributed by atoms with van der Waals surface area (Å²) in [5.41, 5.74) is 2.70. The van der Waals surface area contributed by atoms with Gasteiger partial charge in [0.25, 0.3) is 0 Å². The fourth-order valence-electron chi connectivity index (χ4n) is 3.60. The van der Waals surface area contributed by atoms with Gasteiger partial charge in [0.15, 0.2) is 5.65 Å². The first-order valence-electron chi connectivity index (χ1n) is 8.90. The largest absolute Gasteiger partial charge is 0.416 e. The lowest BCUT2D eigenvalue weighted by Gasteiger charge is -2.11. The van der Waals surface area contributed by atoms with Crippen molar-refractivity contribution in [3.8, 4) is 0 Å². The molecule has 0 saturated carbocycles. The van der Waals surface area contributed by atoms with Crippen LogP contribution < -0.4 is 0 Å². The maximum absolute atomic E-state index is 13.6. The topological polar surface area (TPSA) is 30.7 Å². The van der Waals surface area contributed by atoms with Gasteiger partial charge in [0.05, 0.1) is 22.1 Å². The minimum atomic E-state index is -4.41. The van der Waals surface area contributed by atoms with Crippen molar-refractivity contribution in [1.82, 2.24) is 14.5 Å². The Labute approximate surface area is 162 Å². The van der Waals surface area contributed by atoms with Gasteiger partial charge < -0.3 is 4.57 Å². The highest BCUT2D eigenvalue weighted by Gasteiger charge is 2.30. The molecule has 29 heavy (non-hydrogen) atoms. The smallest absolute Gasteiger partial charge is 0.319 e. The van der Waals surface area contributed by atoms with E-state index in [1.54, 1.807) is 12.1 Å². The van der Waals surface area contributed by atoms with E-state index in [-0.39, 0.29) is 6.54 Å². The van der Waals surface area contributed by atoms with Crippen molar-refractivity contribution in [2.45, 2.75) is 12.7 Å². The van der Waals surface area contributed by atoms with E-state index in [1.807, 2.05) is 28.8 Å². The highest BCUT2D eigenvalue weighted by Crippen LogP contribution is 2.32. The maximum Gasteiger partial charge on any atom is 0.416 e. The highest BCUT2D eigenvalue weighted by atomic mass is 19.4. The predicted octanol–water partition coefficient (Wildman–Crippen LogP) is 5.94. The molecule has 144 valence electrons. The molecule has 0 aliphatic carbocycles. The summed E-state index contributed by atoms with van der Waals surface area (Å²) in [7, 11) is 0. The van der Waals surface area contributed by atoms with Gasteiger partial charge in [0.1, 0.15) is 11.3 Å². The summed E-state index contributed by atoms with van der Waals surface area (Å²) in [6.45, 7) is 0.204. The van der Waals surface area contributed by atoms with Crippen LogP contribution in [0.2, 0.25) is 0 Å². The molecule has 0 aliphatic rings. The minimum Gasteiger partial charge on any atom is -0.319 e. The van der Waals surface area contributed by atoms with Crippen LogP contribution in [0.15, 0.2) is 66.7 Å². The third-order valence-electron chi connectivity index (χ3n) is 4.91. The number of hydrogen-bond acceptors (Lipinski definition) is 2. The molecule has 5 aromatic rings. The molecule has 0 atom stereocenters. The Hall–Kier alpha value is -3.48. The molecule has 0 radical (unpaired) electrons. The Morgan fingerprint density at radius 2 is 1.66 bits per heavy atom. The van der Waals surface area contributed by atoms with Gasteiger partial charge in [-0.25, -0.2) is 14.4 Å². The van der Waals surface area contributed by atoms with Gasteiger partial charge >= 0.3 is 6.18 Å². The van der Waals surface area contributed by atoms with Gasteiger partial charge in [-0.15, -0.1) is 0 Å². The number of halogens is 4. The van der Waals surface area contributed by atoms with Crippen molar-refractivity contribution in [3.63, 3.8) is 0 Å². The standard InChI is InChI=1S/C22H13F4N3/c23-15-8-9-17-18(11-15)27-20-16-6-1-2-7-19(16)29(21(20)28-17)12-13-4-3-5-14(10-13)22(24,25)26/h1-11H,12H2. The average molecular weight is 395 g/mol. The summed E-state index contributed by atoms with van der Waals surface area (Å²) in [6, 6.07) is 16.9. The zero-order chi connectivity index (χ0) is 20.2. The Balaban J connectivity index is 1.75. The van der Waals surface area contributed by atoms with Gasteiger partial charge in [0.2, 0.25) is 0 Å². The van der Waals surface area contributed by atoms with Crippen LogP contribution in [0.5, 0.6) is 0 Å². The molecule has 7 heteroatoms. The summed E-state index contributed by atoms with van der Waals surface area (Å²) in [4.78, 5) is 9.22. The number of rotatable bonds is 2. The summed E-state index contributed by atoms with van der Waals surface area (Å²) in [6.07, 6.45) is -4.41. The number of benzene rings is 3. The molecule has 5 rings (SSSR count). The fourth-order valence-corrected chi connectivity index (χ4v) is 3.60. The van der Waals surface area contributed by atoms with Crippen LogP contribution in [-0.2, 0) is 12.7 Å². The zero-order valence-corrected chi connectivity index (χ0v) is 14.9. The van der Waals surface area contributed by atoms with Gasteiger partial charge in [-0.05, 0) is 35.9 Å². The molecular weight excluding hydrogens is 382 g/mol. The molecule has 0 unspecified atom stereocenters. The lowest BCUT2D eigenvalue weighted by Crippen LogP contribution is -2.07. The monoisotopic (exact) mass is 395 g/mol. The summed E-state index contributed by atoms with van der Waals surface area (Å²) in [5.74, 6) is -0.404. The quantitative estimate of drug-likeness (QED) is 0.346. The molecule has 2 aromatic heterocycles. The van der Waals surface area contributed by atoms with Crippen LogP contribution >= 0.6 is 0 Å². The first-order chi connectivity index (χ1) is 13.9. The molecule has 0 spiro atoms. The van der Waals surface area contributed by atoms with Crippen LogP contribution in [0.1, 0.15) is 11.1 Å². The van der Waals surface area contributed by atoms with Crippen LogP contribution in [-0.4, -0.2) is 14.5 Å². The molecule has 0 amide bonds. The highest BCUT2D eigenvalue weighted by molar-refractivity contribution is 6.06. The lowest BCUT2D eigenvalue weighted by molar-refractivity contribution is -0.137. The van der Waals surface area contributed by atoms with E-state index in [0.717, 1.165) is 23.0 Å². The summed E-state index contributed by atoms with van der Waals surface area (Å²) in [5, 5.41) is 0.813. The van der Waals surface area contributed by atoms with Crippen molar-refractivity contribution in [1.29, 1.82) is 0 Å². The number of hydrogen-bond donors (Lipinski definition) is 0. The summed E-state index contributed by atoms with van der Waals surface area (Å²) < 4.78 is 54.8.